The molecule has 2 N–H and O–H groups in total. The van der Waals surface area contributed by atoms with Crippen LogP contribution in [0.4, 0.5) is 0 Å². The zero-order valence-corrected chi connectivity index (χ0v) is 11.8. The number of nitrogens with one attached hydrogen (secondary N) is 1. The molecule has 0 saturated heterocycles. The van der Waals surface area contributed by atoms with Gasteiger partial charge in [-0.05, 0) is 19.3 Å². The van der Waals surface area contributed by atoms with Crippen LogP contribution in [-0.4, -0.2) is 32.4 Å². The first-order valence-corrected chi connectivity index (χ1v) is 7.43. The van der Waals surface area contributed by atoms with Crippen LogP contribution in [0.1, 0.15) is 29.6 Å². The van der Waals surface area contributed by atoms with Crippen LogP contribution in [0.5, 0.6) is 0 Å². The second-order valence-corrected chi connectivity index (χ2v) is 5.92. The number of carbonyl (C=O) groups is 2. The smallest absolute Gasteiger partial charge is 0.306 e. The molecule has 2 aromatic heterocycles. The number of carboxylic acids is 1. The molecule has 0 aliphatic heterocycles. The molecule has 0 spiro atoms. The minimum atomic E-state index is -0.840. The van der Waals surface area contributed by atoms with E-state index < -0.39 is 23.4 Å². The standard InChI is InChI=1S/C13H13N3O4S/c17-10(15-8-2-1-7(5-8)12(19)20)9-6-14-13-16(11(9)18)3-4-21-13/h3-4,6-8H,1-2,5H2,(H,15,17)(H,19,20)/t7-,8+/m0/s1. The summed E-state index contributed by atoms with van der Waals surface area (Å²) in [4.78, 5) is 39.8. The molecule has 0 unspecified atom stereocenters. The van der Waals surface area contributed by atoms with Crippen molar-refractivity contribution in [2.24, 2.45) is 5.92 Å². The van der Waals surface area contributed by atoms with Crippen LogP contribution in [0.15, 0.2) is 22.6 Å². The number of aromatic nitrogens is 2. The van der Waals surface area contributed by atoms with E-state index in [0.29, 0.717) is 24.2 Å². The number of nitrogens with zero attached hydrogens (tertiary/aromatic N) is 2. The molecule has 1 fully saturated rings. The van der Waals surface area contributed by atoms with Crippen LogP contribution in [0.2, 0.25) is 0 Å². The quantitative estimate of drug-likeness (QED) is 0.871. The maximum absolute atomic E-state index is 12.2. The zero-order valence-electron chi connectivity index (χ0n) is 11.0. The Morgan fingerprint density at radius 2 is 2.24 bits per heavy atom. The number of rotatable bonds is 3. The maximum Gasteiger partial charge on any atom is 0.306 e. The zero-order chi connectivity index (χ0) is 15.0. The molecule has 0 radical (unpaired) electrons. The van der Waals surface area contributed by atoms with Gasteiger partial charge in [0, 0.05) is 23.8 Å². The molecule has 7 nitrogen and oxygen atoms in total. The first kappa shape index (κ1) is 13.7. The van der Waals surface area contributed by atoms with Crippen LogP contribution < -0.4 is 10.9 Å². The molecule has 1 aliphatic rings. The van der Waals surface area contributed by atoms with Crippen LogP contribution in [0.3, 0.4) is 0 Å². The average Bonchev–Trinajstić information content (AvgIpc) is 3.07. The first-order valence-electron chi connectivity index (χ1n) is 6.55. The summed E-state index contributed by atoms with van der Waals surface area (Å²) < 4.78 is 1.33. The SMILES string of the molecule is O=C(N[C@@H]1CC[C@H](C(=O)O)C1)c1cnc2sccn2c1=O. The van der Waals surface area contributed by atoms with E-state index in [4.69, 9.17) is 5.11 Å². The van der Waals surface area contributed by atoms with Crippen LogP contribution in [0.25, 0.3) is 4.96 Å². The van der Waals surface area contributed by atoms with Gasteiger partial charge >= 0.3 is 5.97 Å². The van der Waals surface area contributed by atoms with Crippen LogP contribution in [0, 0.1) is 5.92 Å². The minimum Gasteiger partial charge on any atom is -0.481 e. The lowest BCUT2D eigenvalue weighted by Crippen LogP contribution is -2.37. The van der Waals surface area contributed by atoms with Gasteiger partial charge < -0.3 is 10.4 Å². The highest BCUT2D eigenvalue weighted by molar-refractivity contribution is 7.15. The molecule has 0 aromatic carbocycles. The lowest BCUT2D eigenvalue weighted by atomic mass is 10.1. The molecule has 2 atom stereocenters. The first-order chi connectivity index (χ1) is 10.1. The summed E-state index contributed by atoms with van der Waals surface area (Å²) in [6, 6.07) is -0.207. The highest BCUT2D eigenvalue weighted by Gasteiger charge is 2.31. The Morgan fingerprint density at radius 3 is 2.95 bits per heavy atom. The maximum atomic E-state index is 12.2. The summed E-state index contributed by atoms with van der Waals surface area (Å²) in [5.41, 5.74) is -0.434. The summed E-state index contributed by atoms with van der Waals surface area (Å²) in [6.45, 7) is 0. The van der Waals surface area contributed by atoms with Gasteiger partial charge in [0.05, 0.1) is 5.92 Å². The Labute approximate surface area is 123 Å². The molecule has 21 heavy (non-hydrogen) atoms. The molecule has 2 heterocycles. The molecule has 110 valence electrons. The highest BCUT2D eigenvalue weighted by atomic mass is 32.1. The molecular formula is C13H13N3O4S. The number of fused-ring (bicyclic) bond motifs is 1. The lowest BCUT2D eigenvalue weighted by molar-refractivity contribution is -0.141. The number of carbonyl (C=O) groups excluding carboxylic acids is 1. The molecule has 2 aromatic rings. The monoisotopic (exact) mass is 307 g/mol. The predicted molar refractivity (Wildman–Crippen MR) is 75.6 cm³/mol. The van der Waals surface area contributed by atoms with Crippen molar-refractivity contribution in [3.8, 4) is 0 Å². The van der Waals surface area contributed by atoms with Gasteiger partial charge in [-0.3, -0.25) is 18.8 Å². The number of amides is 1. The van der Waals surface area contributed by atoms with Crippen molar-refractivity contribution >= 4 is 28.2 Å². The second kappa shape index (κ2) is 5.28. The summed E-state index contributed by atoms with van der Waals surface area (Å²) in [5, 5.41) is 13.4. The topological polar surface area (TPSA) is 101 Å². The number of hydrogen-bond acceptors (Lipinski definition) is 5. The lowest BCUT2D eigenvalue weighted by Gasteiger charge is -2.11. The van der Waals surface area contributed by atoms with Gasteiger partial charge in [0.15, 0.2) is 4.96 Å². The van der Waals surface area contributed by atoms with Gasteiger partial charge in [0.1, 0.15) is 5.56 Å². The minimum absolute atomic E-state index is 0.0234. The molecule has 1 amide bonds. The summed E-state index contributed by atoms with van der Waals surface area (Å²) in [6.07, 6.45) is 4.39. The molecule has 8 heteroatoms. The largest absolute Gasteiger partial charge is 0.481 e. The predicted octanol–water partition coefficient (Wildman–Crippen LogP) is 0.739. The number of aliphatic carboxylic acids is 1. The van der Waals surface area contributed by atoms with Gasteiger partial charge in [0.25, 0.3) is 11.5 Å². The van der Waals surface area contributed by atoms with Gasteiger partial charge in [-0.15, -0.1) is 11.3 Å². The van der Waals surface area contributed by atoms with E-state index in [1.807, 2.05) is 0 Å². The van der Waals surface area contributed by atoms with E-state index in [1.54, 1.807) is 11.6 Å². The van der Waals surface area contributed by atoms with Crippen molar-refractivity contribution in [3.05, 3.63) is 33.7 Å². The van der Waals surface area contributed by atoms with Crippen molar-refractivity contribution in [3.63, 3.8) is 0 Å². The fourth-order valence-electron chi connectivity index (χ4n) is 2.58. The van der Waals surface area contributed by atoms with E-state index in [1.165, 1.54) is 21.9 Å². The van der Waals surface area contributed by atoms with Gasteiger partial charge in [-0.1, -0.05) is 0 Å². The molecular weight excluding hydrogens is 294 g/mol. The van der Waals surface area contributed by atoms with E-state index in [0.717, 1.165) is 0 Å². The Morgan fingerprint density at radius 1 is 1.43 bits per heavy atom. The Hall–Kier alpha value is -2.22. The van der Waals surface area contributed by atoms with Crippen molar-refractivity contribution in [1.29, 1.82) is 0 Å². The molecule has 1 aliphatic carbocycles. The summed E-state index contributed by atoms with van der Waals surface area (Å²) in [5.74, 6) is -1.76. The van der Waals surface area contributed by atoms with Crippen LogP contribution in [-0.2, 0) is 4.79 Å². The third kappa shape index (κ3) is 2.54. The fraction of sp³-hybridized carbons (Fsp3) is 0.385. The normalized spacial score (nSPS) is 21.5. The summed E-state index contributed by atoms with van der Waals surface area (Å²) in [7, 11) is 0. The highest BCUT2D eigenvalue weighted by Crippen LogP contribution is 2.25. The number of carboxylic acid groups (broad SMARTS) is 1. The molecule has 3 rings (SSSR count). The second-order valence-electron chi connectivity index (χ2n) is 5.05. The van der Waals surface area contributed by atoms with Gasteiger partial charge in [-0.2, -0.15) is 0 Å². The number of hydrogen-bond donors (Lipinski definition) is 2. The van der Waals surface area contributed by atoms with E-state index in [9.17, 15) is 14.4 Å². The fourth-order valence-corrected chi connectivity index (χ4v) is 3.26. The van der Waals surface area contributed by atoms with E-state index >= 15 is 0 Å². The number of thiazole rings is 1. The van der Waals surface area contributed by atoms with E-state index in [2.05, 4.69) is 10.3 Å². The van der Waals surface area contributed by atoms with Crippen molar-refractivity contribution in [2.75, 3.05) is 0 Å². The van der Waals surface area contributed by atoms with Crippen molar-refractivity contribution in [1.82, 2.24) is 14.7 Å². The van der Waals surface area contributed by atoms with Crippen molar-refractivity contribution < 1.29 is 14.7 Å². The third-order valence-electron chi connectivity index (χ3n) is 3.70. The molecule has 1 saturated carbocycles. The Bertz CT molecular complexity index is 766. The summed E-state index contributed by atoms with van der Waals surface area (Å²) >= 11 is 1.31. The Kier molecular flexibility index (Phi) is 3.46. The van der Waals surface area contributed by atoms with Gasteiger partial charge in [0.2, 0.25) is 0 Å². The van der Waals surface area contributed by atoms with Crippen LogP contribution >= 0.6 is 11.3 Å². The average molecular weight is 307 g/mol. The van der Waals surface area contributed by atoms with E-state index in [-0.39, 0.29) is 11.6 Å². The van der Waals surface area contributed by atoms with Crippen molar-refractivity contribution in [2.45, 2.75) is 25.3 Å². The Balaban J connectivity index is 1.77. The van der Waals surface area contributed by atoms with Gasteiger partial charge in [-0.25, -0.2) is 4.98 Å². The molecule has 0 bridgehead atoms. The third-order valence-corrected chi connectivity index (χ3v) is 4.48.